The molecule has 2 heterocycles. The smallest absolute Gasteiger partial charge is 0.330 e. The van der Waals surface area contributed by atoms with Crippen molar-refractivity contribution in [3.8, 4) is 28.3 Å². The van der Waals surface area contributed by atoms with Gasteiger partial charge in [0.05, 0.1) is 40.8 Å². The maximum absolute atomic E-state index is 13.0. The number of carbonyl (C=O) groups is 1. The number of aliphatic hydroxyl groups excluding tert-OH is 1. The molecular weight excluding hydrogens is 607 g/mol. The Morgan fingerprint density at radius 2 is 1.73 bits per heavy atom. The molecule has 0 radical (unpaired) electrons. The summed E-state index contributed by atoms with van der Waals surface area (Å²) in [6, 6.07) is 10.5. The van der Waals surface area contributed by atoms with Crippen molar-refractivity contribution in [1.82, 2.24) is 24.4 Å². The zero-order chi connectivity index (χ0) is 31.5. The molecule has 0 bridgehead atoms. The van der Waals surface area contributed by atoms with Crippen molar-refractivity contribution < 1.29 is 14.6 Å². The summed E-state index contributed by atoms with van der Waals surface area (Å²) in [5.74, 6) is -0.371. The lowest BCUT2D eigenvalue weighted by Gasteiger charge is -2.28. The highest BCUT2D eigenvalue weighted by Crippen LogP contribution is 2.41. The van der Waals surface area contributed by atoms with E-state index < -0.39 is 17.2 Å². The van der Waals surface area contributed by atoms with Gasteiger partial charge in [0.25, 0.3) is 11.5 Å². The minimum absolute atomic E-state index is 0.00175. The predicted octanol–water partition coefficient (Wildman–Crippen LogP) is 4.17. The Labute approximate surface area is 263 Å². The molecular formula is C31H32Cl2N6O5. The van der Waals surface area contributed by atoms with E-state index in [0.717, 1.165) is 34.8 Å². The van der Waals surface area contributed by atoms with E-state index in [-0.39, 0.29) is 28.4 Å². The third-order valence-corrected chi connectivity index (χ3v) is 8.58. The van der Waals surface area contributed by atoms with E-state index in [4.69, 9.17) is 27.9 Å². The van der Waals surface area contributed by atoms with Gasteiger partial charge in [-0.3, -0.25) is 19.1 Å². The Hall–Kier alpha value is -4.03. The number of hydrogen-bond donors (Lipinski definition) is 3. The maximum atomic E-state index is 13.0. The Balaban J connectivity index is 1.42. The fraction of sp³-hybridized carbons (Fsp3) is 0.323. The molecule has 230 valence electrons. The maximum Gasteiger partial charge on any atom is 0.330 e. The van der Waals surface area contributed by atoms with E-state index in [1.165, 1.54) is 27.4 Å². The first kappa shape index (κ1) is 31.4. The van der Waals surface area contributed by atoms with Gasteiger partial charge in [-0.05, 0) is 18.9 Å². The van der Waals surface area contributed by atoms with Crippen LogP contribution in [0.1, 0.15) is 41.7 Å². The third-order valence-electron chi connectivity index (χ3n) is 7.77. The largest absolute Gasteiger partial charge is 0.480 e. The summed E-state index contributed by atoms with van der Waals surface area (Å²) in [6.45, 7) is 0.394. The number of benzene rings is 2. The second-order valence-corrected chi connectivity index (χ2v) is 11.4. The SMILES string of the molecule is COc1nc(-c2cccc(-c3cccc(NC(=O)c4cn(C)c(=O)n(C)c4=O)c3Cl)c2Cl)cnc1CN[C@H]1CCCC[C@H]1O. The minimum Gasteiger partial charge on any atom is -0.480 e. The molecule has 11 nitrogen and oxygen atoms in total. The molecule has 2 atom stereocenters. The number of carbonyl (C=O) groups excluding carboxylic acids is 1. The first-order chi connectivity index (χ1) is 21.1. The van der Waals surface area contributed by atoms with Crippen LogP contribution in [0.25, 0.3) is 22.4 Å². The number of ether oxygens (including phenoxy) is 1. The van der Waals surface area contributed by atoms with Crippen LogP contribution in [0, 0.1) is 0 Å². The van der Waals surface area contributed by atoms with Crippen LogP contribution < -0.4 is 26.6 Å². The molecule has 0 saturated heterocycles. The van der Waals surface area contributed by atoms with Gasteiger partial charge in [0.15, 0.2) is 0 Å². The molecule has 1 aliphatic rings. The molecule has 0 aliphatic heterocycles. The summed E-state index contributed by atoms with van der Waals surface area (Å²) in [4.78, 5) is 46.9. The van der Waals surface area contributed by atoms with Gasteiger partial charge >= 0.3 is 5.69 Å². The van der Waals surface area contributed by atoms with Crippen molar-refractivity contribution in [3.63, 3.8) is 0 Å². The number of halogens is 2. The Morgan fingerprint density at radius 3 is 2.45 bits per heavy atom. The van der Waals surface area contributed by atoms with Crippen molar-refractivity contribution in [2.24, 2.45) is 14.1 Å². The second-order valence-electron chi connectivity index (χ2n) is 10.6. The van der Waals surface area contributed by atoms with E-state index in [2.05, 4.69) is 20.6 Å². The summed E-state index contributed by atoms with van der Waals surface area (Å²) in [5, 5.41) is 16.9. The van der Waals surface area contributed by atoms with E-state index >= 15 is 0 Å². The molecule has 0 spiro atoms. The van der Waals surface area contributed by atoms with Gasteiger partial charge in [-0.25, -0.2) is 9.78 Å². The third kappa shape index (κ3) is 6.27. The second kappa shape index (κ2) is 13.3. The van der Waals surface area contributed by atoms with Crippen LogP contribution in [0.4, 0.5) is 5.69 Å². The number of methoxy groups -OCH3 is 1. The number of nitrogens with one attached hydrogen (secondary N) is 2. The lowest BCUT2D eigenvalue weighted by atomic mass is 9.92. The molecule has 1 amide bonds. The molecule has 2 aromatic heterocycles. The summed E-state index contributed by atoms with van der Waals surface area (Å²) in [6.07, 6.45) is 6.20. The van der Waals surface area contributed by atoms with Gasteiger partial charge < -0.3 is 25.0 Å². The van der Waals surface area contributed by atoms with Gasteiger partial charge in [-0.1, -0.05) is 66.4 Å². The van der Waals surface area contributed by atoms with E-state index in [1.807, 2.05) is 0 Å². The highest BCUT2D eigenvalue weighted by Gasteiger charge is 2.24. The van der Waals surface area contributed by atoms with Crippen molar-refractivity contribution in [1.29, 1.82) is 0 Å². The predicted molar refractivity (Wildman–Crippen MR) is 169 cm³/mol. The van der Waals surface area contributed by atoms with E-state index in [1.54, 1.807) is 42.6 Å². The molecule has 0 unspecified atom stereocenters. The summed E-state index contributed by atoms with van der Waals surface area (Å²) < 4.78 is 7.56. The number of hydrogen-bond acceptors (Lipinski definition) is 8. The standard InChI is InChI=1S/C31H32Cl2N6O5/c1-38-16-20(30(42)39(2)31(38)43)28(41)36-22-12-7-9-18(27(22)33)17-8-6-10-19(26(17)32)23-14-35-24(29(37-23)44-3)15-34-21-11-4-5-13-25(21)40/h6-10,12,14,16,21,25,34,40H,4-5,11,13,15H2,1-3H3,(H,36,41)/t21-,25+/m0/s1. The highest BCUT2D eigenvalue weighted by atomic mass is 35.5. The first-order valence-corrected chi connectivity index (χ1v) is 14.8. The Morgan fingerprint density at radius 1 is 1.05 bits per heavy atom. The number of anilines is 1. The topological polar surface area (TPSA) is 140 Å². The number of nitrogens with zero attached hydrogens (tertiary/aromatic N) is 4. The van der Waals surface area contributed by atoms with Crippen molar-refractivity contribution in [2.45, 2.75) is 44.4 Å². The van der Waals surface area contributed by atoms with Crippen LogP contribution in [-0.2, 0) is 20.6 Å². The molecule has 1 saturated carbocycles. The van der Waals surface area contributed by atoms with Crippen LogP contribution in [-0.4, -0.2) is 49.4 Å². The van der Waals surface area contributed by atoms with E-state index in [0.29, 0.717) is 45.5 Å². The van der Waals surface area contributed by atoms with Crippen LogP contribution in [0.15, 0.2) is 58.4 Å². The van der Waals surface area contributed by atoms with Gasteiger partial charge in [0, 0.05) is 49.6 Å². The van der Waals surface area contributed by atoms with Gasteiger partial charge in [0.2, 0.25) is 5.88 Å². The van der Waals surface area contributed by atoms with Crippen molar-refractivity contribution >= 4 is 34.8 Å². The number of aliphatic hydroxyl groups is 1. The molecule has 44 heavy (non-hydrogen) atoms. The van der Waals surface area contributed by atoms with Crippen molar-refractivity contribution in [3.05, 3.63) is 90.9 Å². The monoisotopic (exact) mass is 638 g/mol. The Bertz CT molecular complexity index is 1840. The lowest BCUT2D eigenvalue weighted by molar-refractivity contribution is 0.0899. The average Bonchev–Trinajstić information content (AvgIpc) is 3.02. The van der Waals surface area contributed by atoms with Crippen LogP contribution in [0.2, 0.25) is 10.0 Å². The molecule has 5 rings (SSSR count). The number of rotatable bonds is 8. The zero-order valence-corrected chi connectivity index (χ0v) is 25.9. The quantitative estimate of drug-likeness (QED) is 0.261. The van der Waals surface area contributed by atoms with Gasteiger partial charge in [-0.15, -0.1) is 0 Å². The van der Waals surface area contributed by atoms with E-state index in [9.17, 15) is 19.5 Å². The molecule has 1 aliphatic carbocycles. The molecule has 4 aromatic rings. The number of aromatic nitrogens is 4. The summed E-state index contributed by atoms with van der Waals surface area (Å²) in [7, 11) is 4.28. The molecule has 3 N–H and O–H groups in total. The average molecular weight is 640 g/mol. The number of amides is 1. The fourth-order valence-electron chi connectivity index (χ4n) is 5.32. The molecule has 1 fully saturated rings. The zero-order valence-electron chi connectivity index (χ0n) is 24.4. The summed E-state index contributed by atoms with van der Waals surface area (Å²) in [5.41, 5.74) is 1.59. The van der Waals surface area contributed by atoms with Gasteiger partial charge in [-0.2, -0.15) is 0 Å². The van der Waals surface area contributed by atoms with Crippen LogP contribution in [0.3, 0.4) is 0 Å². The normalized spacial score (nSPS) is 16.5. The molecule has 2 aromatic carbocycles. The fourth-order valence-corrected chi connectivity index (χ4v) is 5.92. The molecule has 13 heteroatoms. The van der Waals surface area contributed by atoms with Crippen molar-refractivity contribution in [2.75, 3.05) is 12.4 Å². The first-order valence-electron chi connectivity index (χ1n) is 14.1. The van der Waals surface area contributed by atoms with Crippen LogP contribution in [0.5, 0.6) is 5.88 Å². The summed E-state index contributed by atoms with van der Waals surface area (Å²) >= 11 is 13.7. The lowest BCUT2D eigenvalue weighted by Crippen LogP contribution is -2.41. The Kier molecular flexibility index (Phi) is 9.50. The number of aryl methyl sites for hydroxylation is 1. The van der Waals surface area contributed by atoms with Crippen LogP contribution >= 0.6 is 23.2 Å². The minimum atomic E-state index is -0.724. The highest BCUT2D eigenvalue weighted by molar-refractivity contribution is 6.39. The van der Waals surface area contributed by atoms with Gasteiger partial charge in [0.1, 0.15) is 11.3 Å².